The summed E-state index contributed by atoms with van der Waals surface area (Å²) in [4.78, 5) is 12.8. The summed E-state index contributed by atoms with van der Waals surface area (Å²) < 4.78 is 4.84. The van der Waals surface area contributed by atoms with Gasteiger partial charge in [0, 0.05) is 11.8 Å². The van der Waals surface area contributed by atoms with Gasteiger partial charge in [-0.25, -0.2) is 4.79 Å². The summed E-state index contributed by atoms with van der Waals surface area (Å²) in [6.07, 6.45) is 0. The van der Waals surface area contributed by atoms with Crippen LogP contribution in [0.5, 0.6) is 0 Å². The molecule has 2 rings (SSSR count). The Bertz CT molecular complexity index is 249. The number of likely N-dealkylation sites (tertiary alicyclic amines) is 1. The van der Waals surface area contributed by atoms with Crippen LogP contribution < -0.4 is 4.90 Å². The van der Waals surface area contributed by atoms with E-state index in [1.54, 1.807) is 0 Å². The van der Waals surface area contributed by atoms with Crippen molar-refractivity contribution < 1.29 is 14.4 Å². The Morgan fingerprint density at radius 2 is 2.15 bits per heavy atom. The highest BCUT2D eigenvalue weighted by molar-refractivity contribution is 5.75. The number of rotatable bonds is 1. The fraction of sp³-hybridized carbons (Fsp3) is 0.900. The molecule has 2 fully saturated rings. The lowest BCUT2D eigenvalue weighted by molar-refractivity contribution is -0.890. The molecular weight excluding hydrogens is 166 g/mol. The second-order valence-electron chi connectivity index (χ2n) is 5.00. The third kappa shape index (κ3) is 1.03. The number of likely N-dealkylation sites (N-methyl/N-ethyl adjacent to an activating group) is 1. The number of methoxy groups -OCH3 is 1. The molecule has 0 aromatic rings. The van der Waals surface area contributed by atoms with Crippen LogP contribution in [0.2, 0.25) is 0 Å². The molecule has 0 aromatic heterocycles. The van der Waals surface area contributed by atoms with Crippen LogP contribution in [0.25, 0.3) is 0 Å². The number of ether oxygens (including phenoxy) is 1. The normalized spacial score (nSPS) is 45.5. The van der Waals surface area contributed by atoms with Gasteiger partial charge in [0.25, 0.3) is 0 Å². The Balaban J connectivity index is 2.15. The number of fused-ring (bicyclic) bond motifs is 1. The van der Waals surface area contributed by atoms with Crippen molar-refractivity contribution in [3.63, 3.8) is 0 Å². The summed E-state index contributed by atoms with van der Waals surface area (Å²) in [6.45, 7) is 5.63. The fourth-order valence-electron chi connectivity index (χ4n) is 3.09. The van der Waals surface area contributed by atoms with Gasteiger partial charge in [0.2, 0.25) is 0 Å². The van der Waals surface area contributed by atoms with E-state index < -0.39 is 0 Å². The molecule has 0 radical (unpaired) electrons. The summed E-state index contributed by atoms with van der Waals surface area (Å²) in [5.74, 6) is 1.26. The average Bonchev–Trinajstić information content (AvgIpc) is 2.48. The van der Waals surface area contributed by atoms with Crippen LogP contribution in [0.3, 0.4) is 0 Å². The van der Waals surface area contributed by atoms with Crippen molar-refractivity contribution in [2.45, 2.75) is 19.9 Å². The van der Waals surface area contributed by atoms with Crippen LogP contribution in [0.15, 0.2) is 0 Å². The maximum absolute atomic E-state index is 11.5. The van der Waals surface area contributed by atoms with Gasteiger partial charge in [0.15, 0.2) is 6.04 Å². The molecule has 3 nitrogen and oxygen atoms in total. The molecule has 3 heteroatoms. The van der Waals surface area contributed by atoms with E-state index in [0.717, 1.165) is 12.5 Å². The zero-order valence-electron chi connectivity index (χ0n) is 8.76. The molecule has 1 N–H and O–H groups in total. The minimum absolute atomic E-state index is 0.0319. The van der Waals surface area contributed by atoms with Crippen LogP contribution in [0.4, 0.5) is 0 Å². The van der Waals surface area contributed by atoms with E-state index in [-0.39, 0.29) is 12.0 Å². The quantitative estimate of drug-likeness (QED) is 0.548. The minimum Gasteiger partial charge on any atom is -0.465 e. The van der Waals surface area contributed by atoms with Crippen LogP contribution >= 0.6 is 0 Å². The zero-order chi connectivity index (χ0) is 9.80. The Morgan fingerprint density at radius 1 is 1.54 bits per heavy atom. The van der Waals surface area contributed by atoms with Crippen molar-refractivity contribution >= 4 is 5.97 Å². The minimum atomic E-state index is -0.0319. The van der Waals surface area contributed by atoms with Gasteiger partial charge in [-0.15, -0.1) is 0 Å². The summed E-state index contributed by atoms with van der Waals surface area (Å²) >= 11 is 0. The number of esters is 1. The van der Waals surface area contributed by atoms with Gasteiger partial charge in [-0.05, 0) is 5.41 Å². The molecular formula is C10H18NO2+. The first-order valence-corrected chi connectivity index (χ1v) is 4.90. The van der Waals surface area contributed by atoms with Gasteiger partial charge in [0.1, 0.15) is 0 Å². The highest BCUT2D eigenvalue weighted by Gasteiger charge is 2.71. The summed E-state index contributed by atoms with van der Waals surface area (Å²) in [5.41, 5.74) is 0.373. The number of quaternary nitrogens is 1. The third-order valence-corrected chi connectivity index (χ3v) is 4.03. The Hall–Kier alpha value is -0.570. The lowest BCUT2D eigenvalue weighted by atomic mass is 10.0. The van der Waals surface area contributed by atoms with Crippen molar-refractivity contribution in [3.05, 3.63) is 0 Å². The first-order valence-electron chi connectivity index (χ1n) is 4.90. The Labute approximate surface area is 79.0 Å². The van der Waals surface area contributed by atoms with Gasteiger partial charge in [-0.3, -0.25) is 0 Å². The smallest absolute Gasteiger partial charge is 0.364 e. The molecule has 1 aliphatic carbocycles. The molecule has 0 bridgehead atoms. The van der Waals surface area contributed by atoms with Crippen molar-refractivity contribution in [2.75, 3.05) is 20.7 Å². The highest BCUT2D eigenvalue weighted by Crippen LogP contribution is 2.60. The number of hydrogen-bond donors (Lipinski definition) is 1. The predicted molar refractivity (Wildman–Crippen MR) is 48.3 cm³/mol. The number of carbonyl (C=O) groups excluding carboxylic acids is 1. The molecule has 74 valence electrons. The maximum atomic E-state index is 11.5. The standard InChI is InChI=1S/C10H17NO2/c1-10(2)6-5-11(3)8(7(6)10)9(12)13-4/h6-8H,5H2,1-4H3/p+1. The third-order valence-electron chi connectivity index (χ3n) is 4.03. The van der Waals surface area contributed by atoms with E-state index in [1.807, 2.05) is 0 Å². The highest BCUT2D eigenvalue weighted by atomic mass is 16.5. The lowest BCUT2D eigenvalue weighted by Crippen LogP contribution is -3.13. The van der Waals surface area contributed by atoms with Gasteiger partial charge in [-0.2, -0.15) is 0 Å². The van der Waals surface area contributed by atoms with Crippen molar-refractivity contribution in [3.8, 4) is 0 Å². The van der Waals surface area contributed by atoms with Crippen molar-refractivity contribution in [2.24, 2.45) is 17.3 Å². The topological polar surface area (TPSA) is 30.7 Å². The van der Waals surface area contributed by atoms with E-state index in [4.69, 9.17) is 4.74 Å². The SMILES string of the molecule is COC(=O)C1C2C(C[NH+]1C)C2(C)C. The van der Waals surface area contributed by atoms with Crippen molar-refractivity contribution in [1.29, 1.82) is 0 Å². The van der Waals surface area contributed by atoms with Crippen LogP contribution in [0.1, 0.15) is 13.8 Å². The van der Waals surface area contributed by atoms with Crippen LogP contribution in [0, 0.1) is 17.3 Å². The Kier molecular flexibility index (Phi) is 1.71. The second kappa shape index (κ2) is 2.47. The number of piperidine rings is 1. The van der Waals surface area contributed by atoms with E-state index in [0.29, 0.717) is 11.3 Å². The monoisotopic (exact) mass is 184 g/mol. The fourth-order valence-corrected chi connectivity index (χ4v) is 3.09. The molecule has 4 unspecified atom stereocenters. The first kappa shape index (κ1) is 9.00. The second-order valence-corrected chi connectivity index (χ2v) is 5.00. The van der Waals surface area contributed by atoms with Gasteiger partial charge in [0.05, 0.1) is 20.7 Å². The van der Waals surface area contributed by atoms with E-state index in [1.165, 1.54) is 12.0 Å². The zero-order valence-corrected chi connectivity index (χ0v) is 8.76. The van der Waals surface area contributed by atoms with Crippen molar-refractivity contribution in [1.82, 2.24) is 0 Å². The van der Waals surface area contributed by atoms with Gasteiger partial charge >= 0.3 is 5.97 Å². The Morgan fingerprint density at radius 3 is 2.62 bits per heavy atom. The van der Waals surface area contributed by atoms with Crippen LogP contribution in [-0.4, -0.2) is 32.7 Å². The largest absolute Gasteiger partial charge is 0.465 e. The van der Waals surface area contributed by atoms with Gasteiger partial charge in [-0.1, -0.05) is 13.8 Å². The molecule has 1 saturated heterocycles. The molecule has 0 aromatic carbocycles. The molecule has 1 saturated carbocycles. The molecule has 1 aliphatic heterocycles. The van der Waals surface area contributed by atoms with E-state index >= 15 is 0 Å². The average molecular weight is 184 g/mol. The van der Waals surface area contributed by atoms with Crippen LogP contribution in [-0.2, 0) is 9.53 Å². The lowest BCUT2D eigenvalue weighted by Gasteiger charge is -2.21. The summed E-state index contributed by atoms with van der Waals surface area (Å²) in [7, 11) is 3.57. The molecule has 2 aliphatic rings. The molecule has 4 atom stereocenters. The summed E-state index contributed by atoms with van der Waals surface area (Å²) in [5, 5.41) is 0. The molecule has 0 amide bonds. The van der Waals surface area contributed by atoms with E-state index in [9.17, 15) is 4.79 Å². The molecule has 13 heavy (non-hydrogen) atoms. The summed E-state index contributed by atoms with van der Waals surface area (Å²) in [6, 6.07) is 0.0880. The maximum Gasteiger partial charge on any atom is 0.364 e. The number of nitrogens with one attached hydrogen (secondary N) is 1. The first-order chi connectivity index (χ1) is 6.00. The van der Waals surface area contributed by atoms with Gasteiger partial charge < -0.3 is 9.64 Å². The number of hydrogen-bond acceptors (Lipinski definition) is 2. The molecule has 0 spiro atoms. The molecule has 1 heterocycles. The number of carbonyl (C=O) groups is 1. The van der Waals surface area contributed by atoms with E-state index in [2.05, 4.69) is 20.9 Å². The predicted octanol–water partition coefficient (Wildman–Crippen LogP) is -0.671.